The molecular weight excluding hydrogens is 360 g/mol. The zero-order valence-electron chi connectivity index (χ0n) is 16.1. The first-order valence-electron chi connectivity index (χ1n) is 10.1. The summed E-state index contributed by atoms with van der Waals surface area (Å²) < 4.78 is 0. The Labute approximate surface area is 169 Å². The number of anilines is 2. The van der Waals surface area contributed by atoms with Crippen molar-refractivity contribution in [2.45, 2.75) is 30.3 Å². The molecule has 0 fully saturated rings. The first-order chi connectivity index (χ1) is 14.2. The molecule has 0 aromatic heterocycles. The third-order valence-corrected chi connectivity index (χ3v) is 7.05. The number of likely N-dealkylation sites (N-methyl/N-ethyl adjacent to an activating group) is 1. The van der Waals surface area contributed by atoms with E-state index in [1.807, 2.05) is 0 Å². The molecule has 5 heteroatoms. The van der Waals surface area contributed by atoms with Crippen molar-refractivity contribution < 1.29 is 4.79 Å². The highest BCUT2D eigenvalue weighted by Crippen LogP contribution is 2.59. The van der Waals surface area contributed by atoms with Crippen molar-refractivity contribution in [1.82, 2.24) is 0 Å². The van der Waals surface area contributed by atoms with Gasteiger partial charge in [-0.05, 0) is 28.8 Å². The second-order valence-corrected chi connectivity index (χ2v) is 8.20. The minimum atomic E-state index is -0.0912. The number of nitriles is 1. The molecular formula is C24H20N4O. The number of carbonyl (C=O) groups is 1. The van der Waals surface area contributed by atoms with Crippen molar-refractivity contribution in [2.24, 2.45) is 4.99 Å². The fourth-order valence-corrected chi connectivity index (χ4v) is 6.05. The van der Waals surface area contributed by atoms with Crippen molar-refractivity contribution in [3.05, 3.63) is 70.8 Å². The number of hydrogen-bond donors (Lipinski definition) is 0. The van der Waals surface area contributed by atoms with Crippen LogP contribution < -0.4 is 9.80 Å². The van der Waals surface area contributed by atoms with Crippen molar-refractivity contribution in [1.29, 1.82) is 5.26 Å². The zero-order chi connectivity index (χ0) is 19.7. The summed E-state index contributed by atoms with van der Waals surface area (Å²) in [5.74, 6) is 0.0287. The van der Waals surface area contributed by atoms with E-state index in [1.54, 1.807) is 6.21 Å². The molecule has 5 nitrogen and oxygen atoms in total. The molecule has 0 saturated carbocycles. The summed E-state index contributed by atoms with van der Waals surface area (Å²) in [5, 5.41) is 9.27. The third kappa shape index (κ3) is 1.99. The van der Waals surface area contributed by atoms with Crippen LogP contribution in [0.5, 0.6) is 0 Å². The largest absolute Gasteiger partial charge is 0.368 e. The van der Waals surface area contributed by atoms with Crippen LogP contribution in [0.15, 0.2) is 64.7 Å². The standard InChI is InChI=1S/C24H20N4O/c1-27-17-9-4-2-7-14(17)20-21-16(13-26-24(21)29)19-15-8-3-5-10-18(15)28(12-6-11-25)23(19)22(20)27/h2-5,7-10,13,19-20,22-23H,6,12H2,1H3. The van der Waals surface area contributed by atoms with E-state index in [0.717, 1.165) is 11.1 Å². The van der Waals surface area contributed by atoms with E-state index < -0.39 is 0 Å². The van der Waals surface area contributed by atoms with Crippen LogP contribution in [-0.2, 0) is 4.79 Å². The van der Waals surface area contributed by atoms with Crippen LogP contribution in [0.1, 0.15) is 29.4 Å². The maximum atomic E-state index is 12.9. The lowest BCUT2D eigenvalue weighted by atomic mass is 9.69. The average molecular weight is 380 g/mol. The number of hydrogen-bond acceptors (Lipinski definition) is 4. The van der Waals surface area contributed by atoms with E-state index in [4.69, 9.17) is 0 Å². The van der Waals surface area contributed by atoms with E-state index in [1.165, 1.54) is 22.5 Å². The van der Waals surface area contributed by atoms with E-state index in [-0.39, 0.29) is 29.8 Å². The highest BCUT2D eigenvalue weighted by Gasteiger charge is 2.57. The normalized spacial score (nSPS) is 28.1. The van der Waals surface area contributed by atoms with Crippen molar-refractivity contribution >= 4 is 23.5 Å². The Kier molecular flexibility index (Phi) is 3.31. The Hall–Kier alpha value is -3.39. The lowest BCUT2D eigenvalue weighted by molar-refractivity contribution is -0.114. The van der Waals surface area contributed by atoms with Gasteiger partial charge in [0.25, 0.3) is 5.91 Å². The number of amides is 1. The zero-order valence-corrected chi connectivity index (χ0v) is 16.1. The van der Waals surface area contributed by atoms with Gasteiger partial charge in [-0.2, -0.15) is 5.26 Å². The van der Waals surface area contributed by atoms with Gasteiger partial charge in [0.05, 0.1) is 24.6 Å². The Bertz CT molecular complexity index is 1160. The molecule has 3 heterocycles. The molecule has 2 aromatic carbocycles. The molecule has 0 N–H and O–H groups in total. The van der Waals surface area contributed by atoms with Crippen molar-refractivity contribution in [2.75, 3.05) is 23.4 Å². The molecule has 1 aliphatic carbocycles. The Morgan fingerprint density at radius 2 is 1.69 bits per heavy atom. The Balaban J connectivity index is 1.61. The highest BCUT2D eigenvalue weighted by molar-refractivity contribution is 6.14. The van der Waals surface area contributed by atoms with Gasteiger partial charge in [-0.3, -0.25) is 4.79 Å². The summed E-state index contributed by atoms with van der Waals surface area (Å²) >= 11 is 0. The molecule has 142 valence electrons. The molecule has 0 bridgehead atoms. The van der Waals surface area contributed by atoms with Gasteiger partial charge in [-0.15, -0.1) is 0 Å². The Morgan fingerprint density at radius 1 is 1.00 bits per heavy atom. The van der Waals surface area contributed by atoms with Gasteiger partial charge in [0.15, 0.2) is 0 Å². The number of aliphatic imine (C=N–C) groups is 1. The molecule has 4 unspecified atom stereocenters. The monoisotopic (exact) mass is 380 g/mol. The van der Waals surface area contributed by atoms with Gasteiger partial charge >= 0.3 is 0 Å². The molecule has 1 amide bonds. The summed E-state index contributed by atoms with van der Waals surface area (Å²) in [4.78, 5) is 21.9. The number of nitrogens with zero attached hydrogens (tertiary/aromatic N) is 4. The molecule has 2 aromatic rings. The molecule has 4 atom stereocenters. The minimum absolute atomic E-state index is 0.0151. The fraction of sp³-hybridized carbons (Fsp3) is 0.292. The number of rotatable bonds is 2. The van der Waals surface area contributed by atoms with Crippen molar-refractivity contribution in [3.63, 3.8) is 0 Å². The molecule has 29 heavy (non-hydrogen) atoms. The lowest BCUT2D eigenvalue weighted by Crippen LogP contribution is -2.54. The minimum Gasteiger partial charge on any atom is -0.368 e. The number of fused-ring (bicyclic) bond motifs is 9. The van der Waals surface area contributed by atoms with Gasteiger partial charge in [-0.1, -0.05) is 36.4 Å². The molecule has 6 rings (SSSR count). The maximum Gasteiger partial charge on any atom is 0.273 e. The van der Waals surface area contributed by atoms with E-state index in [2.05, 4.69) is 76.4 Å². The summed E-state index contributed by atoms with van der Waals surface area (Å²) in [6.07, 6.45) is 2.28. The average Bonchev–Trinajstić information content (AvgIpc) is 3.38. The highest BCUT2D eigenvalue weighted by atomic mass is 16.1. The molecule has 3 aliphatic heterocycles. The number of carbonyl (C=O) groups excluding carboxylic acids is 1. The van der Waals surface area contributed by atoms with E-state index in [9.17, 15) is 10.1 Å². The lowest BCUT2D eigenvalue weighted by Gasteiger charge is -2.44. The molecule has 4 aliphatic rings. The first kappa shape index (κ1) is 16.6. The van der Waals surface area contributed by atoms with Gasteiger partial charge in [0, 0.05) is 48.6 Å². The smallest absolute Gasteiger partial charge is 0.273 e. The number of benzene rings is 2. The summed E-state index contributed by atoms with van der Waals surface area (Å²) in [5.41, 5.74) is 6.75. The molecule has 0 saturated heterocycles. The first-order valence-corrected chi connectivity index (χ1v) is 10.1. The topological polar surface area (TPSA) is 59.7 Å². The summed E-state index contributed by atoms with van der Waals surface area (Å²) in [6.45, 7) is 0.690. The van der Waals surface area contributed by atoms with Gasteiger partial charge in [0.2, 0.25) is 0 Å². The number of para-hydroxylation sites is 2. The SMILES string of the molecule is CN1c2ccccc2C2C3=C(C=NC3=O)C3c4ccccc4N(CCC#N)C3C21. The van der Waals surface area contributed by atoms with Crippen LogP contribution in [0, 0.1) is 11.3 Å². The van der Waals surface area contributed by atoms with Crippen LogP contribution in [0.4, 0.5) is 11.4 Å². The van der Waals surface area contributed by atoms with Crippen LogP contribution in [0.3, 0.4) is 0 Å². The fourth-order valence-electron chi connectivity index (χ4n) is 6.05. The Morgan fingerprint density at radius 3 is 2.45 bits per heavy atom. The van der Waals surface area contributed by atoms with Crippen LogP contribution in [-0.4, -0.2) is 37.8 Å². The molecule has 0 spiro atoms. The van der Waals surface area contributed by atoms with E-state index >= 15 is 0 Å². The summed E-state index contributed by atoms with van der Waals surface area (Å²) in [7, 11) is 2.14. The van der Waals surface area contributed by atoms with Gasteiger partial charge < -0.3 is 9.80 Å². The van der Waals surface area contributed by atoms with Gasteiger partial charge in [0.1, 0.15) is 0 Å². The third-order valence-electron chi connectivity index (χ3n) is 7.05. The van der Waals surface area contributed by atoms with Crippen LogP contribution in [0.25, 0.3) is 0 Å². The predicted octanol–water partition coefficient (Wildman–Crippen LogP) is 3.40. The van der Waals surface area contributed by atoms with Crippen LogP contribution in [0.2, 0.25) is 0 Å². The molecule has 0 radical (unpaired) electrons. The quantitative estimate of drug-likeness (QED) is 0.801. The maximum absolute atomic E-state index is 12.9. The van der Waals surface area contributed by atoms with E-state index in [0.29, 0.717) is 13.0 Å². The second kappa shape index (κ2) is 5.81. The van der Waals surface area contributed by atoms with Crippen LogP contribution >= 0.6 is 0 Å². The summed E-state index contributed by atoms with van der Waals surface area (Å²) in [6, 6.07) is 19.5. The van der Waals surface area contributed by atoms with Gasteiger partial charge in [-0.25, -0.2) is 4.99 Å². The van der Waals surface area contributed by atoms with Crippen molar-refractivity contribution in [3.8, 4) is 6.07 Å². The second-order valence-electron chi connectivity index (χ2n) is 8.20. The predicted molar refractivity (Wildman–Crippen MR) is 112 cm³/mol.